The summed E-state index contributed by atoms with van der Waals surface area (Å²) in [6.07, 6.45) is 0. The molecule has 0 atom stereocenters. The Labute approximate surface area is 80.4 Å². The van der Waals surface area contributed by atoms with Crippen LogP contribution in [0.1, 0.15) is 0 Å². The van der Waals surface area contributed by atoms with Gasteiger partial charge < -0.3 is 0 Å². The van der Waals surface area contributed by atoms with Gasteiger partial charge in [0.25, 0.3) is 0 Å². The first kappa shape index (κ1) is 10.6. The van der Waals surface area contributed by atoms with Crippen LogP contribution in [0.25, 0.3) is 0 Å². The van der Waals surface area contributed by atoms with Crippen LogP contribution in [0.2, 0.25) is 0 Å². The second-order valence-corrected chi connectivity index (χ2v) is 5.78. The van der Waals surface area contributed by atoms with Crippen LogP contribution in [0.3, 0.4) is 0 Å². The topological polar surface area (TPSA) is 0 Å². The van der Waals surface area contributed by atoms with Crippen molar-refractivity contribution in [2.75, 3.05) is 0 Å². The Hall–Kier alpha value is 0.648. The zero-order valence-electron chi connectivity index (χ0n) is 5.05. The zero-order chi connectivity index (χ0) is 7.82. The van der Waals surface area contributed by atoms with Crippen LogP contribution in [0.4, 0.5) is 0 Å². The molecule has 0 amide bonds. The van der Waals surface area contributed by atoms with Crippen molar-refractivity contribution in [2.24, 2.45) is 0 Å². The standard InChI is InChI=1S/C6H6AsCl3/c8-4-1-7(2-5-9)3-6-10/h1-6H/b4-1-,5-2-,6-3-. The molecule has 0 aromatic rings. The first-order valence-corrected chi connectivity index (χ1v) is 6.99. The van der Waals surface area contributed by atoms with Gasteiger partial charge in [-0.15, -0.1) is 0 Å². The molecule has 10 heavy (non-hydrogen) atoms. The van der Waals surface area contributed by atoms with Gasteiger partial charge in [-0.2, -0.15) is 0 Å². The Bertz CT molecular complexity index is 123. The molecule has 0 fully saturated rings. The third-order valence-corrected chi connectivity index (χ3v) is 5.32. The summed E-state index contributed by atoms with van der Waals surface area (Å²) < 4.78 is 0. The molecule has 0 N–H and O–H groups in total. The zero-order valence-corrected chi connectivity index (χ0v) is 9.19. The van der Waals surface area contributed by atoms with Gasteiger partial charge in [0.15, 0.2) is 0 Å². The summed E-state index contributed by atoms with van der Waals surface area (Å²) in [5.74, 6) is 0. The van der Waals surface area contributed by atoms with Gasteiger partial charge >= 0.3 is 80.7 Å². The molecular weight excluding hydrogens is 253 g/mol. The molecule has 0 aliphatic heterocycles. The summed E-state index contributed by atoms with van der Waals surface area (Å²) in [4.78, 5) is 5.73. The Morgan fingerprint density at radius 2 is 1.00 bits per heavy atom. The number of hydrogen-bond donors (Lipinski definition) is 0. The predicted octanol–water partition coefficient (Wildman–Crippen LogP) is 3.36. The maximum absolute atomic E-state index is 5.37. The van der Waals surface area contributed by atoms with Crippen LogP contribution < -0.4 is 0 Å². The van der Waals surface area contributed by atoms with E-state index >= 15 is 0 Å². The summed E-state index contributed by atoms with van der Waals surface area (Å²) >= 11 is 14.9. The SMILES string of the molecule is Cl/C=C\[As](/C=C\Cl)/C=C\Cl. The molecule has 0 saturated carbocycles. The van der Waals surface area contributed by atoms with Gasteiger partial charge in [-0.3, -0.25) is 0 Å². The average Bonchev–Trinajstić information content (AvgIpc) is 1.90. The van der Waals surface area contributed by atoms with Gasteiger partial charge in [-0.1, -0.05) is 0 Å². The Morgan fingerprint density at radius 3 is 1.20 bits per heavy atom. The summed E-state index contributed by atoms with van der Waals surface area (Å²) in [6, 6.07) is 0. The summed E-state index contributed by atoms with van der Waals surface area (Å²) in [7, 11) is 0. The Balaban J connectivity index is 3.97. The van der Waals surface area contributed by atoms with E-state index in [-0.39, 0.29) is 0 Å². The van der Waals surface area contributed by atoms with Crippen molar-refractivity contribution in [1.29, 1.82) is 0 Å². The molecule has 0 aromatic carbocycles. The van der Waals surface area contributed by atoms with E-state index in [1.165, 1.54) is 16.6 Å². The first-order chi connectivity index (χ1) is 4.85. The van der Waals surface area contributed by atoms with E-state index in [0.717, 1.165) is 0 Å². The molecule has 56 valence electrons. The van der Waals surface area contributed by atoms with Crippen molar-refractivity contribution >= 4 is 49.5 Å². The molecule has 0 bridgehead atoms. The van der Waals surface area contributed by atoms with Gasteiger partial charge in [-0.25, -0.2) is 0 Å². The summed E-state index contributed by atoms with van der Waals surface area (Å²) in [5.41, 5.74) is 4.48. The van der Waals surface area contributed by atoms with Crippen LogP contribution >= 0.6 is 34.8 Å². The Morgan fingerprint density at radius 1 is 0.700 bits per heavy atom. The fourth-order valence-electron chi connectivity index (χ4n) is 0.344. The molecule has 0 aliphatic carbocycles. The molecule has 0 saturated heterocycles. The van der Waals surface area contributed by atoms with Crippen molar-refractivity contribution in [3.05, 3.63) is 31.2 Å². The molecule has 0 radical (unpaired) electrons. The van der Waals surface area contributed by atoms with E-state index in [9.17, 15) is 0 Å². The molecule has 0 aliphatic rings. The van der Waals surface area contributed by atoms with Crippen molar-refractivity contribution < 1.29 is 0 Å². The third-order valence-electron chi connectivity index (χ3n) is 0.685. The van der Waals surface area contributed by atoms with Gasteiger partial charge in [0, 0.05) is 0 Å². The van der Waals surface area contributed by atoms with Crippen molar-refractivity contribution in [3.63, 3.8) is 0 Å². The molecule has 4 heteroatoms. The molecule has 0 nitrogen and oxygen atoms in total. The minimum absolute atomic E-state index is 1.23. The fraction of sp³-hybridized carbons (Fsp3) is 0. The Kier molecular flexibility index (Phi) is 8.25. The van der Waals surface area contributed by atoms with Gasteiger partial charge in [0.1, 0.15) is 0 Å². The van der Waals surface area contributed by atoms with E-state index in [4.69, 9.17) is 34.8 Å². The molecular formula is C6H6AsCl3. The van der Waals surface area contributed by atoms with Crippen molar-refractivity contribution in [2.45, 2.75) is 0 Å². The van der Waals surface area contributed by atoms with E-state index in [0.29, 0.717) is 0 Å². The molecule has 0 aromatic heterocycles. The van der Waals surface area contributed by atoms with Crippen LogP contribution in [0.5, 0.6) is 0 Å². The van der Waals surface area contributed by atoms with E-state index in [2.05, 4.69) is 0 Å². The number of hydrogen-bond acceptors (Lipinski definition) is 0. The maximum atomic E-state index is 5.37. The van der Waals surface area contributed by atoms with Gasteiger partial charge in [-0.05, 0) is 0 Å². The average molecular weight is 259 g/mol. The molecule has 0 rings (SSSR count). The van der Waals surface area contributed by atoms with E-state index in [1.807, 2.05) is 14.6 Å². The van der Waals surface area contributed by atoms with Gasteiger partial charge in [0.2, 0.25) is 0 Å². The monoisotopic (exact) mass is 258 g/mol. The van der Waals surface area contributed by atoms with Crippen molar-refractivity contribution in [1.82, 2.24) is 0 Å². The van der Waals surface area contributed by atoms with Crippen LogP contribution in [-0.4, -0.2) is 14.7 Å². The summed E-state index contributed by atoms with van der Waals surface area (Å²) in [6.45, 7) is 0. The number of rotatable bonds is 3. The van der Waals surface area contributed by atoms with Gasteiger partial charge in [0.05, 0.1) is 0 Å². The van der Waals surface area contributed by atoms with Crippen LogP contribution in [0, 0.1) is 0 Å². The minimum atomic E-state index is -1.23. The van der Waals surface area contributed by atoms with Crippen molar-refractivity contribution in [3.8, 4) is 0 Å². The fourth-order valence-corrected chi connectivity index (χ4v) is 3.82. The molecule has 0 spiro atoms. The van der Waals surface area contributed by atoms with Crippen LogP contribution in [-0.2, 0) is 0 Å². The quantitative estimate of drug-likeness (QED) is 0.682. The summed E-state index contributed by atoms with van der Waals surface area (Å²) in [5, 5.41) is 0. The second kappa shape index (κ2) is 7.75. The van der Waals surface area contributed by atoms with E-state index < -0.39 is 14.7 Å². The van der Waals surface area contributed by atoms with Crippen LogP contribution in [0.15, 0.2) is 31.2 Å². The predicted molar refractivity (Wildman–Crippen MR) is 50.7 cm³/mol. The number of halogens is 3. The third kappa shape index (κ3) is 5.43. The molecule has 0 unspecified atom stereocenters. The van der Waals surface area contributed by atoms with E-state index in [1.54, 1.807) is 0 Å². The normalized spacial score (nSPS) is 13.2. The second-order valence-electron chi connectivity index (χ2n) is 1.27. The first-order valence-electron chi connectivity index (χ1n) is 2.43. The molecule has 0 heterocycles.